The molecule has 0 aliphatic carbocycles. The van der Waals surface area contributed by atoms with E-state index in [0.717, 1.165) is 22.4 Å². The number of thiophene rings is 1. The molecule has 1 aliphatic rings. The predicted molar refractivity (Wildman–Crippen MR) is 91.2 cm³/mol. The van der Waals surface area contributed by atoms with Gasteiger partial charge in [-0.2, -0.15) is 0 Å². The van der Waals surface area contributed by atoms with Gasteiger partial charge in [-0.1, -0.05) is 40.4 Å². The van der Waals surface area contributed by atoms with E-state index < -0.39 is 0 Å². The number of rotatable bonds is 4. The van der Waals surface area contributed by atoms with Crippen LogP contribution >= 0.6 is 46.1 Å². The summed E-state index contributed by atoms with van der Waals surface area (Å²) in [5.41, 5.74) is 1.38. The van der Waals surface area contributed by atoms with E-state index in [0.29, 0.717) is 14.4 Å². The molecule has 0 spiro atoms. The number of piperidine rings is 1. The van der Waals surface area contributed by atoms with Crippen molar-refractivity contribution >= 4 is 46.1 Å². The molecule has 112 valence electrons. The van der Waals surface area contributed by atoms with Crippen molar-refractivity contribution in [3.63, 3.8) is 0 Å². The number of nitrogens with zero attached hydrogens (tertiary/aromatic N) is 1. The summed E-state index contributed by atoms with van der Waals surface area (Å²) < 4.78 is 1.70. The summed E-state index contributed by atoms with van der Waals surface area (Å²) >= 11 is 20.1. The number of hydrogen-bond acceptors (Lipinski definition) is 1. The lowest BCUT2D eigenvalue weighted by atomic mass is 10.1. The topological polar surface area (TPSA) is 0 Å². The molecule has 20 heavy (non-hydrogen) atoms. The number of quaternary nitrogens is 1. The van der Waals surface area contributed by atoms with Gasteiger partial charge in [0, 0.05) is 0 Å². The highest BCUT2D eigenvalue weighted by Gasteiger charge is 2.31. The zero-order valence-corrected chi connectivity index (χ0v) is 15.1. The third kappa shape index (κ3) is 3.92. The van der Waals surface area contributed by atoms with Gasteiger partial charge < -0.3 is 4.48 Å². The first-order chi connectivity index (χ1) is 9.43. The van der Waals surface area contributed by atoms with Crippen LogP contribution in [-0.2, 0) is 6.54 Å². The van der Waals surface area contributed by atoms with Crippen molar-refractivity contribution in [1.29, 1.82) is 0 Å². The van der Waals surface area contributed by atoms with Crippen LogP contribution in [0.25, 0.3) is 0 Å². The minimum atomic E-state index is 0.519. The smallest absolute Gasteiger partial charge is 0.116 e. The highest BCUT2D eigenvalue weighted by molar-refractivity contribution is 7.17. The molecule has 1 fully saturated rings. The molecule has 0 radical (unpaired) electrons. The Labute approximate surface area is 140 Å². The van der Waals surface area contributed by atoms with Gasteiger partial charge in [0.2, 0.25) is 0 Å². The molecule has 0 bridgehead atoms. The van der Waals surface area contributed by atoms with E-state index in [9.17, 15) is 0 Å². The average Bonchev–Trinajstić information content (AvgIpc) is 2.65. The molecule has 1 aliphatic heterocycles. The van der Waals surface area contributed by atoms with Gasteiger partial charge in [-0.15, -0.1) is 11.3 Å². The molecule has 0 unspecified atom stereocenters. The Morgan fingerprint density at radius 3 is 2.25 bits per heavy atom. The fourth-order valence-electron chi connectivity index (χ4n) is 2.78. The van der Waals surface area contributed by atoms with Gasteiger partial charge in [0.05, 0.1) is 34.6 Å². The lowest BCUT2D eigenvalue weighted by Gasteiger charge is -2.40. The SMILES string of the molecule is CC(C)=CC[N+]1(Cc2sc(Cl)c(Cl)c2Cl)CCCCC1. The maximum Gasteiger partial charge on any atom is 0.116 e. The van der Waals surface area contributed by atoms with Crippen molar-refractivity contribution in [2.45, 2.75) is 39.7 Å². The van der Waals surface area contributed by atoms with Crippen LogP contribution in [0.2, 0.25) is 14.4 Å². The first kappa shape index (κ1) is 16.6. The second-order valence-corrected chi connectivity index (χ2v) is 8.36. The molecule has 1 nitrogen and oxygen atoms in total. The van der Waals surface area contributed by atoms with Crippen molar-refractivity contribution in [3.05, 3.63) is 30.9 Å². The van der Waals surface area contributed by atoms with Crippen LogP contribution in [-0.4, -0.2) is 24.1 Å². The van der Waals surface area contributed by atoms with E-state index in [1.54, 1.807) is 0 Å². The molecule has 1 aromatic heterocycles. The summed E-state index contributed by atoms with van der Waals surface area (Å²) in [4.78, 5) is 1.13. The molecule has 0 amide bonds. The van der Waals surface area contributed by atoms with Crippen LogP contribution in [0.15, 0.2) is 11.6 Å². The Hall–Kier alpha value is 0.270. The van der Waals surface area contributed by atoms with Gasteiger partial charge in [-0.25, -0.2) is 0 Å². The molecular formula is C15H21Cl3NS+. The van der Waals surface area contributed by atoms with E-state index in [-0.39, 0.29) is 0 Å². The average molecular weight is 354 g/mol. The third-order valence-electron chi connectivity index (χ3n) is 3.95. The number of likely N-dealkylation sites (tertiary alicyclic amines) is 1. The summed E-state index contributed by atoms with van der Waals surface area (Å²) in [7, 11) is 0. The standard InChI is InChI=1S/C15H21Cl3NS/c1-11(2)6-9-19(7-4-3-5-8-19)10-12-13(16)14(17)15(18)20-12/h6H,3-5,7-10H2,1-2H3/q+1. The van der Waals surface area contributed by atoms with Crippen LogP contribution in [0.1, 0.15) is 38.0 Å². The lowest BCUT2D eigenvalue weighted by molar-refractivity contribution is -0.939. The molecule has 5 heteroatoms. The van der Waals surface area contributed by atoms with Gasteiger partial charge in [0.1, 0.15) is 10.9 Å². The van der Waals surface area contributed by atoms with Crippen molar-refractivity contribution in [3.8, 4) is 0 Å². The fourth-order valence-corrected chi connectivity index (χ4v) is 4.75. The van der Waals surface area contributed by atoms with Crippen LogP contribution in [0.5, 0.6) is 0 Å². The Bertz CT molecular complexity index is 497. The fraction of sp³-hybridized carbons (Fsp3) is 0.600. The van der Waals surface area contributed by atoms with Gasteiger partial charge in [0.15, 0.2) is 0 Å². The second kappa shape index (κ2) is 7.02. The van der Waals surface area contributed by atoms with E-state index in [1.807, 2.05) is 0 Å². The Kier molecular flexibility index (Phi) is 5.84. The normalized spacial score (nSPS) is 18.1. The molecule has 0 N–H and O–H groups in total. The monoisotopic (exact) mass is 352 g/mol. The van der Waals surface area contributed by atoms with E-state index >= 15 is 0 Å². The van der Waals surface area contributed by atoms with E-state index in [4.69, 9.17) is 34.8 Å². The number of hydrogen-bond donors (Lipinski definition) is 0. The quantitative estimate of drug-likeness (QED) is 0.448. The summed E-state index contributed by atoms with van der Waals surface area (Å²) in [6, 6.07) is 0. The Morgan fingerprint density at radius 2 is 1.75 bits per heavy atom. The maximum absolute atomic E-state index is 6.33. The molecular weight excluding hydrogens is 333 g/mol. The van der Waals surface area contributed by atoms with Crippen LogP contribution < -0.4 is 0 Å². The van der Waals surface area contributed by atoms with Gasteiger partial charge in [-0.3, -0.25) is 0 Å². The minimum Gasteiger partial charge on any atom is -0.316 e. The lowest BCUT2D eigenvalue weighted by Crippen LogP contribution is -2.50. The van der Waals surface area contributed by atoms with E-state index in [2.05, 4.69) is 19.9 Å². The zero-order valence-electron chi connectivity index (χ0n) is 12.0. The predicted octanol–water partition coefficient (Wildman–Crippen LogP) is 6.18. The molecule has 1 saturated heterocycles. The van der Waals surface area contributed by atoms with Gasteiger partial charge >= 0.3 is 0 Å². The highest BCUT2D eigenvalue weighted by Crippen LogP contribution is 2.42. The summed E-state index contributed by atoms with van der Waals surface area (Å²) in [6.45, 7) is 8.77. The number of halogens is 3. The van der Waals surface area contributed by atoms with Crippen molar-refractivity contribution in [2.24, 2.45) is 0 Å². The Morgan fingerprint density at radius 1 is 1.10 bits per heavy atom. The summed E-state index contributed by atoms with van der Waals surface area (Å²) in [5.74, 6) is 0. The maximum atomic E-state index is 6.33. The van der Waals surface area contributed by atoms with Crippen LogP contribution in [0.3, 0.4) is 0 Å². The van der Waals surface area contributed by atoms with E-state index in [1.165, 1.54) is 49.3 Å². The number of allylic oxidation sites excluding steroid dienone is 1. The molecule has 0 atom stereocenters. The van der Waals surface area contributed by atoms with Crippen molar-refractivity contribution in [1.82, 2.24) is 0 Å². The summed E-state index contributed by atoms with van der Waals surface area (Å²) in [6.07, 6.45) is 6.27. The Balaban J connectivity index is 2.23. The molecule has 0 saturated carbocycles. The molecule has 2 rings (SSSR count). The first-order valence-electron chi connectivity index (χ1n) is 7.04. The van der Waals surface area contributed by atoms with Crippen LogP contribution in [0.4, 0.5) is 0 Å². The summed E-state index contributed by atoms with van der Waals surface area (Å²) in [5, 5.41) is 1.17. The van der Waals surface area contributed by atoms with Crippen molar-refractivity contribution in [2.75, 3.05) is 19.6 Å². The first-order valence-corrected chi connectivity index (χ1v) is 8.99. The minimum absolute atomic E-state index is 0.519. The van der Waals surface area contributed by atoms with Gasteiger partial charge in [0.25, 0.3) is 0 Å². The van der Waals surface area contributed by atoms with Crippen molar-refractivity contribution < 1.29 is 4.48 Å². The zero-order chi connectivity index (χ0) is 14.8. The third-order valence-corrected chi connectivity index (χ3v) is 6.55. The highest BCUT2D eigenvalue weighted by atomic mass is 35.5. The molecule has 0 aromatic carbocycles. The molecule has 2 heterocycles. The second-order valence-electron chi connectivity index (χ2n) is 5.90. The molecule has 1 aromatic rings. The van der Waals surface area contributed by atoms with Crippen LogP contribution in [0, 0.1) is 0 Å². The van der Waals surface area contributed by atoms with Gasteiger partial charge in [-0.05, 0) is 39.2 Å². The largest absolute Gasteiger partial charge is 0.316 e.